The van der Waals surface area contributed by atoms with Crippen molar-refractivity contribution in [1.82, 2.24) is 0 Å². The zero-order valence-electron chi connectivity index (χ0n) is 11.0. The minimum absolute atomic E-state index is 0.187. The number of cyclic esters (lactones) is 1. The molecule has 0 amide bonds. The van der Waals surface area contributed by atoms with Gasteiger partial charge in [-0.15, -0.1) is 0 Å². The molecule has 16 heavy (non-hydrogen) atoms. The van der Waals surface area contributed by atoms with Gasteiger partial charge in [0, 0.05) is 5.41 Å². The summed E-state index contributed by atoms with van der Waals surface area (Å²) in [5.41, 5.74) is 0.448. The molecule has 92 valence electrons. The van der Waals surface area contributed by atoms with Crippen LogP contribution < -0.4 is 0 Å². The van der Waals surface area contributed by atoms with Crippen molar-refractivity contribution in [2.75, 3.05) is 0 Å². The molecule has 1 heterocycles. The second-order valence-electron chi connectivity index (χ2n) is 5.75. The summed E-state index contributed by atoms with van der Waals surface area (Å²) in [6.45, 7) is 11.9. The van der Waals surface area contributed by atoms with Gasteiger partial charge in [-0.05, 0) is 12.8 Å². The predicted molar refractivity (Wildman–Crippen MR) is 62.8 cm³/mol. The van der Waals surface area contributed by atoms with Crippen molar-refractivity contribution in [3.05, 3.63) is 11.6 Å². The zero-order chi connectivity index (χ0) is 12.5. The van der Waals surface area contributed by atoms with Crippen LogP contribution in [0.25, 0.3) is 0 Å². The van der Waals surface area contributed by atoms with Crippen LogP contribution in [0.5, 0.6) is 0 Å². The quantitative estimate of drug-likeness (QED) is 0.509. The van der Waals surface area contributed by atoms with E-state index in [1.165, 1.54) is 0 Å². The monoisotopic (exact) mass is 226 g/mol. The highest BCUT2D eigenvalue weighted by atomic mass is 16.7. The van der Waals surface area contributed by atoms with E-state index < -0.39 is 6.29 Å². The molecule has 1 saturated heterocycles. The zero-order valence-corrected chi connectivity index (χ0v) is 11.0. The first kappa shape index (κ1) is 13.2. The van der Waals surface area contributed by atoms with E-state index in [9.17, 15) is 4.79 Å². The van der Waals surface area contributed by atoms with Crippen molar-refractivity contribution >= 4 is 5.97 Å². The molecule has 1 aliphatic heterocycles. The highest BCUT2D eigenvalue weighted by Gasteiger charge is 2.38. The number of carbonyl (C=O) groups excluding carboxylic acids is 1. The normalized spacial score (nSPS) is 29.7. The van der Waals surface area contributed by atoms with Crippen molar-refractivity contribution in [2.24, 2.45) is 11.3 Å². The molecule has 3 heteroatoms. The molecule has 0 unspecified atom stereocenters. The van der Waals surface area contributed by atoms with Crippen molar-refractivity contribution in [1.29, 1.82) is 0 Å². The summed E-state index contributed by atoms with van der Waals surface area (Å²) in [7, 11) is 0. The SMILES string of the molecule is CC(C)/C=C1\C(=O)O[C@H](C(C)(C)C)O[C@@H]1C. The van der Waals surface area contributed by atoms with Crippen LogP contribution in [0, 0.1) is 11.3 Å². The first-order valence-corrected chi connectivity index (χ1v) is 5.80. The van der Waals surface area contributed by atoms with Crippen molar-refractivity contribution in [3.63, 3.8) is 0 Å². The lowest BCUT2D eigenvalue weighted by molar-refractivity contribution is -0.226. The van der Waals surface area contributed by atoms with Crippen LogP contribution >= 0.6 is 0 Å². The molecule has 0 aromatic heterocycles. The van der Waals surface area contributed by atoms with Gasteiger partial charge in [0.15, 0.2) is 0 Å². The maximum Gasteiger partial charge on any atom is 0.338 e. The molecule has 0 aromatic carbocycles. The van der Waals surface area contributed by atoms with Crippen LogP contribution in [-0.2, 0) is 14.3 Å². The maximum absolute atomic E-state index is 11.8. The van der Waals surface area contributed by atoms with Gasteiger partial charge in [-0.25, -0.2) is 4.79 Å². The van der Waals surface area contributed by atoms with Crippen LogP contribution in [0.1, 0.15) is 41.5 Å². The standard InChI is InChI=1S/C13H22O3/c1-8(2)7-10-9(3)15-12(13(4,5)6)16-11(10)14/h7-9,12H,1-6H3/b10-7-/t9-,12-/m1/s1. The number of hydrogen-bond acceptors (Lipinski definition) is 3. The fraction of sp³-hybridized carbons (Fsp3) is 0.769. The Labute approximate surface area is 97.8 Å². The van der Waals surface area contributed by atoms with Crippen LogP contribution in [0.4, 0.5) is 0 Å². The number of esters is 1. The number of ether oxygens (including phenoxy) is 2. The summed E-state index contributed by atoms with van der Waals surface area (Å²) >= 11 is 0. The van der Waals surface area contributed by atoms with Gasteiger partial charge < -0.3 is 9.47 Å². The topological polar surface area (TPSA) is 35.5 Å². The molecule has 0 saturated carbocycles. The van der Waals surface area contributed by atoms with E-state index in [0.717, 1.165) is 0 Å². The Morgan fingerprint density at radius 1 is 1.31 bits per heavy atom. The molecule has 0 spiro atoms. The average Bonchev–Trinajstić information content (AvgIpc) is 2.09. The van der Waals surface area contributed by atoms with E-state index >= 15 is 0 Å². The third kappa shape index (κ3) is 3.08. The summed E-state index contributed by atoms with van der Waals surface area (Å²) in [4.78, 5) is 11.8. The fourth-order valence-corrected chi connectivity index (χ4v) is 1.56. The van der Waals surface area contributed by atoms with Gasteiger partial charge in [0.25, 0.3) is 0 Å². The van der Waals surface area contributed by atoms with Gasteiger partial charge >= 0.3 is 5.97 Å². The Morgan fingerprint density at radius 3 is 2.25 bits per heavy atom. The summed E-state index contributed by atoms with van der Waals surface area (Å²) in [5.74, 6) is 0.0761. The molecule has 0 aromatic rings. The molecule has 2 atom stereocenters. The van der Waals surface area contributed by atoms with Gasteiger partial charge in [0.2, 0.25) is 6.29 Å². The molecule has 1 fully saturated rings. The number of allylic oxidation sites excluding steroid dienone is 1. The molecular weight excluding hydrogens is 204 g/mol. The second kappa shape index (κ2) is 4.58. The Bertz CT molecular complexity index is 297. The Hall–Kier alpha value is -0.830. The molecule has 0 bridgehead atoms. The lowest BCUT2D eigenvalue weighted by atomic mass is 9.94. The van der Waals surface area contributed by atoms with E-state index in [1.54, 1.807) is 0 Å². The minimum Gasteiger partial charge on any atom is -0.432 e. The number of carbonyl (C=O) groups is 1. The smallest absolute Gasteiger partial charge is 0.338 e. The van der Waals surface area contributed by atoms with Crippen LogP contribution in [0.15, 0.2) is 11.6 Å². The summed E-state index contributed by atoms with van der Waals surface area (Å²) in [5, 5.41) is 0. The van der Waals surface area contributed by atoms with Crippen molar-refractivity contribution in [3.8, 4) is 0 Å². The Morgan fingerprint density at radius 2 is 1.88 bits per heavy atom. The van der Waals surface area contributed by atoms with Gasteiger partial charge in [-0.3, -0.25) is 0 Å². The molecule has 1 aliphatic rings. The van der Waals surface area contributed by atoms with Crippen LogP contribution in [0.2, 0.25) is 0 Å². The van der Waals surface area contributed by atoms with E-state index in [0.29, 0.717) is 11.5 Å². The largest absolute Gasteiger partial charge is 0.432 e. The maximum atomic E-state index is 11.8. The first-order chi connectivity index (χ1) is 7.21. The summed E-state index contributed by atoms with van der Waals surface area (Å²) < 4.78 is 11.0. The van der Waals surface area contributed by atoms with E-state index in [2.05, 4.69) is 0 Å². The Kier molecular flexibility index (Phi) is 3.79. The molecule has 3 nitrogen and oxygen atoms in total. The predicted octanol–water partition coefficient (Wildman–Crippen LogP) is 2.90. The number of rotatable bonds is 1. The lowest BCUT2D eigenvalue weighted by Gasteiger charge is -2.37. The molecule has 0 radical (unpaired) electrons. The minimum atomic E-state index is -0.459. The van der Waals surface area contributed by atoms with Gasteiger partial charge in [-0.2, -0.15) is 0 Å². The van der Waals surface area contributed by atoms with E-state index in [1.807, 2.05) is 47.6 Å². The van der Waals surface area contributed by atoms with Gasteiger partial charge in [-0.1, -0.05) is 40.7 Å². The van der Waals surface area contributed by atoms with Crippen LogP contribution in [-0.4, -0.2) is 18.4 Å². The number of hydrogen-bond donors (Lipinski definition) is 0. The van der Waals surface area contributed by atoms with Gasteiger partial charge in [0.05, 0.1) is 11.7 Å². The molecule has 0 aliphatic carbocycles. The van der Waals surface area contributed by atoms with Crippen LogP contribution in [0.3, 0.4) is 0 Å². The Balaban J connectivity index is 2.84. The van der Waals surface area contributed by atoms with Crippen molar-refractivity contribution in [2.45, 2.75) is 53.9 Å². The molecule has 0 N–H and O–H groups in total. The highest BCUT2D eigenvalue weighted by molar-refractivity contribution is 5.90. The molecule has 1 rings (SSSR count). The third-order valence-corrected chi connectivity index (χ3v) is 2.44. The molecular formula is C13H22O3. The highest BCUT2D eigenvalue weighted by Crippen LogP contribution is 2.31. The first-order valence-electron chi connectivity index (χ1n) is 5.80. The third-order valence-electron chi connectivity index (χ3n) is 2.44. The average molecular weight is 226 g/mol. The van der Waals surface area contributed by atoms with Crippen molar-refractivity contribution < 1.29 is 14.3 Å². The fourth-order valence-electron chi connectivity index (χ4n) is 1.56. The second-order valence-corrected chi connectivity index (χ2v) is 5.75. The summed E-state index contributed by atoms with van der Waals surface area (Å²) in [6, 6.07) is 0. The summed E-state index contributed by atoms with van der Waals surface area (Å²) in [6.07, 6.45) is 1.26. The van der Waals surface area contributed by atoms with E-state index in [-0.39, 0.29) is 17.5 Å². The van der Waals surface area contributed by atoms with E-state index in [4.69, 9.17) is 9.47 Å². The lowest BCUT2D eigenvalue weighted by Crippen LogP contribution is -2.43. The van der Waals surface area contributed by atoms with Gasteiger partial charge in [0.1, 0.15) is 0 Å².